The molecule has 2 N–H and O–H groups in total. The summed E-state index contributed by atoms with van der Waals surface area (Å²) in [5.41, 5.74) is 10.4. The lowest BCUT2D eigenvalue weighted by Gasteiger charge is -2.27. The summed E-state index contributed by atoms with van der Waals surface area (Å²) in [4.78, 5) is 31.5. The Bertz CT molecular complexity index is 1080. The Labute approximate surface area is 182 Å². The standard InChI is InChI=1S/C26H27N3O2/c1-19-8-10-20(11-9-19)15-24(30)29-14-12-26(18-29,25(27)31)16-21-5-2-3-7-23(21)22-6-4-13-28-17-22/h2-11,13,17H,12,14-16,18H2,1H3,(H2,27,31). The maximum atomic E-state index is 12.9. The molecule has 3 aromatic rings. The molecule has 0 radical (unpaired) electrons. The summed E-state index contributed by atoms with van der Waals surface area (Å²) in [5, 5.41) is 0. The molecule has 0 aliphatic carbocycles. The predicted octanol–water partition coefficient (Wildman–Crippen LogP) is 3.55. The van der Waals surface area contributed by atoms with Gasteiger partial charge in [-0.05, 0) is 42.5 Å². The fourth-order valence-electron chi connectivity index (χ4n) is 4.35. The number of hydrogen-bond donors (Lipinski definition) is 1. The third kappa shape index (κ3) is 4.50. The van der Waals surface area contributed by atoms with Crippen LogP contribution in [0.25, 0.3) is 11.1 Å². The van der Waals surface area contributed by atoms with Crippen molar-refractivity contribution in [3.63, 3.8) is 0 Å². The Balaban J connectivity index is 1.54. The summed E-state index contributed by atoms with van der Waals surface area (Å²) in [7, 11) is 0. The van der Waals surface area contributed by atoms with E-state index in [2.05, 4.69) is 4.98 Å². The van der Waals surface area contributed by atoms with Crippen LogP contribution in [0.1, 0.15) is 23.1 Å². The van der Waals surface area contributed by atoms with Gasteiger partial charge in [0.1, 0.15) is 0 Å². The van der Waals surface area contributed by atoms with Gasteiger partial charge in [-0.2, -0.15) is 0 Å². The van der Waals surface area contributed by atoms with E-state index in [1.807, 2.05) is 73.8 Å². The average Bonchev–Trinajstić information content (AvgIpc) is 3.22. The van der Waals surface area contributed by atoms with Gasteiger partial charge in [-0.3, -0.25) is 14.6 Å². The molecule has 1 aliphatic rings. The molecule has 0 bridgehead atoms. The molecular weight excluding hydrogens is 386 g/mol. The van der Waals surface area contributed by atoms with Crippen LogP contribution in [-0.4, -0.2) is 34.8 Å². The maximum absolute atomic E-state index is 12.9. The first kappa shape index (κ1) is 20.8. The Morgan fingerprint density at radius 1 is 1.06 bits per heavy atom. The van der Waals surface area contributed by atoms with Gasteiger partial charge in [0.15, 0.2) is 0 Å². The highest BCUT2D eigenvalue weighted by Gasteiger charge is 2.45. The number of carbonyl (C=O) groups is 2. The number of nitrogens with zero attached hydrogens (tertiary/aromatic N) is 2. The van der Waals surface area contributed by atoms with Crippen LogP contribution < -0.4 is 5.73 Å². The molecule has 2 amide bonds. The molecule has 1 aliphatic heterocycles. The van der Waals surface area contributed by atoms with Crippen molar-refractivity contribution in [2.45, 2.75) is 26.2 Å². The number of hydrogen-bond acceptors (Lipinski definition) is 3. The van der Waals surface area contributed by atoms with Crippen LogP contribution in [0.15, 0.2) is 73.1 Å². The summed E-state index contributed by atoms with van der Waals surface area (Å²) in [6, 6.07) is 19.9. The quantitative estimate of drug-likeness (QED) is 0.671. The monoisotopic (exact) mass is 413 g/mol. The van der Waals surface area contributed by atoms with Crippen LogP contribution in [0, 0.1) is 12.3 Å². The van der Waals surface area contributed by atoms with Crippen LogP contribution in [-0.2, 0) is 22.4 Å². The Kier molecular flexibility index (Phi) is 5.85. The summed E-state index contributed by atoms with van der Waals surface area (Å²) in [6.07, 6.45) is 4.97. The summed E-state index contributed by atoms with van der Waals surface area (Å²) in [6.45, 7) is 2.92. The number of primary amides is 1. The number of amides is 2. The van der Waals surface area contributed by atoms with E-state index in [4.69, 9.17) is 5.73 Å². The molecule has 1 saturated heterocycles. The van der Waals surface area contributed by atoms with E-state index in [1.54, 1.807) is 11.1 Å². The van der Waals surface area contributed by atoms with Gasteiger partial charge in [0.05, 0.1) is 11.8 Å². The Morgan fingerprint density at radius 2 is 1.84 bits per heavy atom. The highest BCUT2D eigenvalue weighted by molar-refractivity contribution is 5.85. The molecule has 158 valence electrons. The molecule has 2 heterocycles. The minimum absolute atomic E-state index is 0.0347. The highest BCUT2D eigenvalue weighted by Crippen LogP contribution is 2.37. The fraction of sp³-hybridized carbons (Fsp3) is 0.269. The lowest BCUT2D eigenvalue weighted by Crippen LogP contribution is -2.42. The van der Waals surface area contributed by atoms with Crippen LogP contribution in [0.4, 0.5) is 0 Å². The number of carbonyl (C=O) groups excluding carboxylic acids is 2. The second kappa shape index (κ2) is 8.72. The lowest BCUT2D eigenvalue weighted by molar-refractivity contribution is -0.131. The van der Waals surface area contributed by atoms with Gasteiger partial charge in [0.25, 0.3) is 0 Å². The first-order valence-corrected chi connectivity index (χ1v) is 10.6. The van der Waals surface area contributed by atoms with E-state index in [0.29, 0.717) is 32.4 Å². The van der Waals surface area contributed by atoms with Crippen molar-refractivity contribution in [1.29, 1.82) is 0 Å². The molecule has 1 atom stereocenters. The average molecular weight is 414 g/mol. The molecule has 1 unspecified atom stereocenters. The molecule has 0 saturated carbocycles. The zero-order valence-corrected chi connectivity index (χ0v) is 17.8. The van der Waals surface area contributed by atoms with Gasteiger partial charge in [-0.15, -0.1) is 0 Å². The summed E-state index contributed by atoms with van der Waals surface area (Å²) >= 11 is 0. The van der Waals surface area contributed by atoms with Crippen molar-refractivity contribution in [1.82, 2.24) is 9.88 Å². The number of likely N-dealkylation sites (tertiary alicyclic amines) is 1. The molecule has 1 fully saturated rings. The van der Waals surface area contributed by atoms with E-state index in [1.165, 1.54) is 0 Å². The van der Waals surface area contributed by atoms with Gasteiger partial charge in [0.2, 0.25) is 11.8 Å². The van der Waals surface area contributed by atoms with E-state index in [-0.39, 0.29) is 11.8 Å². The molecule has 2 aromatic carbocycles. The summed E-state index contributed by atoms with van der Waals surface area (Å²) in [5.74, 6) is -0.313. The number of aryl methyl sites for hydroxylation is 1. The molecule has 4 rings (SSSR count). The summed E-state index contributed by atoms with van der Waals surface area (Å²) < 4.78 is 0. The van der Waals surface area contributed by atoms with Gasteiger partial charge in [-0.25, -0.2) is 0 Å². The first-order valence-electron chi connectivity index (χ1n) is 10.6. The van der Waals surface area contributed by atoms with Gasteiger partial charge in [-0.1, -0.05) is 60.2 Å². The van der Waals surface area contributed by atoms with E-state index in [0.717, 1.165) is 27.8 Å². The van der Waals surface area contributed by atoms with Crippen molar-refractivity contribution in [3.8, 4) is 11.1 Å². The maximum Gasteiger partial charge on any atom is 0.227 e. The normalized spacial score (nSPS) is 18.2. The van der Waals surface area contributed by atoms with Crippen molar-refractivity contribution >= 4 is 11.8 Å². The molecule has 5 heteroatoms. The number of aromatic nitrogens is 1. The van der Waals surface area contributed by atoms with Crippen molar-refractivity contribution in [3.05, 3.63) is 89.7 Å². The Hall–Kier alpha value is -3.47. The van der Waals surface area contributed by atoms with Crippen LogP contribution in [0.3, 0.4) is 0 Å². The second-order valence-corrected chi connectivity index (χ2v) is 8.45. The van der Waals surface area contributed by atoms with Gasteiger partial charge >= 0.3 is 0 Å². The predicted molar refractivity (Wildman–Crippen MR) is 121 cm³/mol. The zero-order chi connectivity index (χ0) is 21.8. The minimum atomic E-state index is -0.763. The van der Waals surface area contributed by atoms with Crippen LogP contribution in [0.5, 0.6) is 0 Å². The number of pyridine rings is 1. The first-order chi connectivity index (χ1) is 15.0. The molecule has 1 aromatic heterocycles. The van der Waals surface area contributed by atoms with E-state index < -0.39 is 5.41 Å². The lowest BCUT2D eigenvalue weighted by atomic mass is 9.78. The van der Waals surface area contributed by atoms with Crippen LogP contribution in [0.2, 0.25) is 0 Å². The van der Waals surface area contributed by atoms with Gasteiger partial charge < -0.3 is 10.6 Å². The van der Waals surface area contributed by atoms with Crippen LogP contribution >= 0.6 is 0 Å². The molecule has 0 spiro atoms. The van der Waals surface area contributed by atoms with Crippen molar-refractivity contribution in [2.75, 3.05) is 13.1 Å². The third-order valence-corrected chi connectivity index (χ3v) is 6.22. The van der Waals surface area contributed by atoms with E-state index >= 15 is 0 Å². The fourth-order valence-corrected chi connectivity index (χ4v) is 4.35. The SMILES string of the molecule is Cc1ccc(CC(=O)N2CCC(Cc3ccccc3-c3cccnc3)(C(N)=O)C2)cc1. The van der Waals surface area contributed by atoms with E-state index in [9.17, 15) is 9.59 Å². The zero-order valence-electron chi connectivity index (χ0n) is 17.8. The second-order valence-electron chi connectivity index (χ2n) is 8.45. The third-order valence-electron chi connectivity index (χ3n) is 6.22. The molecule has 31 heavy (non-hydrogen) atoms. The Morgan fingerprint density at radius 3 is 2.55 bits per heavy atom. The molecule has 5 nitrogen and oxygen atoms in total. The number of nitrogens with two attached hydrogens (primary N) is 1. The van der Waals surface area contributed by atoms with Crippen molar-refractivity contribution in [2.24, 2.45) is 11.1 Å². The smallest absolute Gasteiger partial charge is 0.227 e. The topological polar surface area (TPSA) is 76.3 Å². The van der Waals surface area contributed by atoms with Gasteiger partial charge in [0, 0.05) is 31.0 Å². The number of rotatable bonds is 6. The highest BCUT2D eigenvalue weighted by atomic mass is 16.2. The molecular formula is C26H27N3O2. The minimum Gasteiger partial charge on any atom is -0.369 e. The number of benzene rings is 2. The largest absolute Gasteiger partial charge is 0.369 e. The van der Waals surface area contributed by atoms with Crippen molar-refractivity contribution < 1.29 is 9.59 Å².